The Balaban J connectivity index is 1.35. The van der Waals surface area contributed by atoms with Crippen LogP contribution in [0, 0.1) is 0 Å². The largest absolute Gasteiger partial charge is 0.328 e. The Bertz CT molecular complexity index is 1180. The molecule has 0 unspecified atom stereocenters. The Hall–Kier alpha value is -3.25. The Kier molecular flexibility index (Phi) is 6.57. The number of imidazole rings is 1. The molecule has 4 rings (SSSR count). The van der Waals surface area contributed by atoms with Crippen molar-refractivity contribution < 1.29 is 4.79 Å². The number of para-hydroxylation sites is 2. The molecule has 0 aliphatic rings. The first-order valence-electron chi connectivity index (χ1n) is 10.4. The highest BCUT2D eigenvalue weighted by atomic mass is 32.2. The minimum Gasteiger partial charge on any atom is -0.328 e. The van der Waals surface area contributed by atoms with Crippen molar-refractivity contribution in [2.45, 2.75) is 31.2 Å². The average Bonchev–Trinajstić information content (AvgIpc) is 3.16. The molecule has 2 N–H and O–H groups in total. The summed E-state index contributed by atoms with van der Waals surface area (Å²) in [4.78, 5) is 18.2. The minimum absolute atomic E-state index is 0.248. The molecule has 31 heavy (non-hydrogen) atoms. The van der Waals surface area contributed by atoms with Crippen LogP contribution >= 0.6 is 11.8 Å². The van der Waals surface area contributed by atoms with Gasteiger partial charge in [-0.05, 0) is 67.6 Å². The Labute approximate surface area is 186 Å². The molecule has 0 aliphatic carbocycles. The van der Waals surface area contributed by atoms with Crippen molar-refractivity contribution in [2.24, 2.45) is 0 Å². The molecular formula is C25H26N4OS. The molecule has 0 saturated carbocycles. The minimum atomic E-state index is -0.248. The Morgan fingerprint density at radius 2 is 1.71 bits per heavy atom. The third kappa shape index (κ3) is 5.09. The zero-order valence-corrected chi connectivity index (χ0v) is 18.6. The fourth-order valence-corrected chi connectivity index (χ4v) is 4.13. The fraction of sp³-hybridized carbons (Fsp3) is 0.200. The molecule has 0 bridgehead atoms. The highest BCUT2D eigenvalue weighted by Gasteiger charge is 2.09. The van der Waals surface area contributed by atoms with E-state index in [-0.39, 0.29) is 6.03 Å². The third-order valence-corrected chi connectivity index (χ3v) is 5.95. The number of carbonyl (C=O) groups is 1. The van der Waals surface area contributed by atoms with Crippen molar-refractivity contribution in [1.82, 2.24) is 9.55 Å². The van der Waals surface area contributed by atoms with Crippen molar-refractivity contribution in [3.63, 3.8) is 0 Å². The monoisotopic (exact) mass is 430 g/mol. The summed E-state index contributed by atoms with van der Waals surface area (Å²) in [5.41, 5.74) is 5.00. The van der Waals surface area contributed by atoms with E-state index in [1.54, 1.807) is 11.8 Å². The number of nitrogens with zero attached hydrogens (tertiary/aromatic N) is 2. The molecule has 4 aromatic rings. The van der Waals surface area contributed by atoms with Crippen molar-refractivity contribution in [1.29, 1.82) is 0 Å². The first-order chi connectivity index (χ1) is 15.2. The molecule has 6 heteroatoms. The molecule has 2 amide bonds. The highest BCUT2D eigenvalue weighted by Crippen LogP contribution is 2.20. The summed E-state index contributed by atoms with van der Waals surface area (Å²) in [6, 6.07) is 23.8. The number of urea groups is 1. The molecule has 0 fully saturated rings. The number of amides is 2. The lowest BCUT2D eigenvalue weighted by Crippen LogP contribution is -2.19. The maximum absolute atomic E-state index is 12.3. The molecule has 0 atom stereocenters. The van der Waals surface area contributed by atoms with Crippen LogP contribution in [0.25, 0.3) is 11.0 Å². The van der Waals surface area contributed by atoms with Gasteiger partial charge in [-0.2, -0.15) is 0 Å². The zero-order valence-electron chi connectivity index (χ0n) is 17.8. The van der Waals surface area contributed by atoms with E-state index in [0.717, 1.165) is 47.0 Å². The van der Waals surface area contributed by atoms with Crippen molar-refractivity contribution in [2.75, 3.05) is 16.9 Å². The predicted molar refractivity (Wildman–Crippen MR) is 130 cm³/mol. The van der Waals surface area contributed by atoms with Gasteiger partial charge in [0.25, 0.3) is 0 Å². The highest BCUT2D eigenvalue weighted by molar-refractivity contribution is 7.98. The van der Waals surface area contributed by atoms with Gasteiger partial charge in [0.05, 0.1) is 11.0 Å². The second-order valence-corrected chi connectivity index (χ2v) is 8.15. The molecule has 0 saturated heterocycles. The lowest BCUT2D eigenvalue weighted by atomic mass is 10.1. The summed E-state index contributed by atoms with van der Waals surface area (Å²) < 4.78 is 2.28. The Morgan fingerprint density at radius 1 is 0.935 bits per heavy atom. The molecular weight excluding hydrogens is 404 g/mol. The Morgan fingerprint density at radius 3 is 2.48 bits per heavy atom. The van der Waals surface area contributed by atoms with Crippen LogP contribution < -0.4 is 10.6 Å². The summed E-state index contributed by atoms with van der Waals surface area (Å²) >= 11 is 1.64. The molecule has 0 aliphatic heterocycles. The van der Waals surface area contributed by atoms with Gasteiger partial charge in [0.2, 0.25) is 0 Å². The van der Waals surface area contributed by atoms with Crippen molar-refractivity contribution in [3.8, 4) is 0 Å². The van der Waals surface area contributed by atoms with E-state index in [0.29, 0.717) is 0 Å². The lowest BCUT2D eigenvalue weighted by molar-refractivity contribution is 0.262. The van der Waals surface area contributed by atoms with Crippen molar-refractivity contribution in [3.05, 3.63) is 84.2 Å². The van der Waals surface area contributed by atoms with Gasteiger partial charge in [-0.3, -0.25) is 0 Å². The number of hydrogen-bond acceptors (Lipinski definition) is 3. The van der Waals surface area contributed by atoms with E-state index < -0.39 is 0 Å². The topological polar surface area (TPSA) is 59.0 Å². The lowest BCUT2D eigenvalue weighted by Gasteiger charge is -2.10. The number of nitrogens with one attached hydrogen (secondary N) is 2. The molecule has 1 heterocycles. The van der Waals surface area contributed by atoms with E-state index in [1.165, 1.54) is 11.1 Å². The van der Waals surface area contributed by atoms with E-state index in [4.69, 9.17) is 4.98 Å². The molecule has 0 radical (unpaired) electrons. The second-order valence-electron chi connectivity index (χ2n) is 7.27. The van der Waals surface area contributed by atoms with Crippen LogP contribution in [-0.4, -0.2) is 21.8 Å². The van der Waals surface area contributed by atoms with E-state index >= 15 is 0 Å². The third-order valence-electron chi connectivity index (χ3n) is 5.23. The first kappa shape index (κ1) is 21.0. The van der Waals surface area contributed by atoms with Gasteiger partial charge in [-0.25, -0.2) is 9.78 Å². The maximum Gasteiger partial charge on any atom is 0.323 e. The normalized spacial score (nSPS) is 10.9. The SMILES string of the molecule is CCn1c(CCc2ccc(NC(=O)Nc3cccc(SC)c3)cc2)nc2ccccc21. The quantitative estimate of drug-likeness (QED) is 0.343. The number of anilines is 2. The average molecular weight is 431 g/mol. The van der Waals surface area contributed by atoms with Gasteiger partial charge in [-0.1, -0.05) is 30.3 Å². The van der Waals surface area contributed by atoms with Gasteiger partial charge in [0.1, 0.15) is 5.82 Å². The van der Waals surface area contributed by atoms with Crippen LogP contribution in [0.4, 0.5) is 16.2 Å². The number of rotatable bonds is 7. The van der Waals surface area contributed by atoms with Crippen LogP contribution in [-0.2, 0) is 19.4 Å². The number of benzene rings is 3. The van der Waals surface area contributed by atoms with Gasteiger partial charge < -0.3 is 15.2 Å². The van der Waals surface area contributed by atoms with E-state index in [2.05, 4.69) is 52.5 Å². The number of thioether (sulfide) groups is 1. The second kappa shape index (κ2) is 9.71. The number of carbonyl (C=O) groups excluding carboxylic acids is 1. The van der Waals surface area contributed by atoms with Crippen LogP contribution in [0.1, 0.15) is 18.3 Å². The van der Waals surface area contributed by atoms with Gasteiger partial charge >= 0.3 is 6.03 Å². The summed E-state index contributed by atoms with van der Waals surface area (Å²) in [7, 11) is 0. The summed E-state index contributed by atoms with van der Waals surface area (Å²) in [5.74, 6) is 1.11. The summed E-state index contributed by atoms with van der Waals surface area (Å²) in [6.07, 6.45) is 3.79. The number of hydrogen-bond donors (Lipinski definition) is 2. The predicted octanol–water partition coefficient (Wildman–Crippen LogP) is 6.21. The van der Waals surface area contributed by atoms with Crippen LogP contribution in [0.5, 0.6) is 0 Å². The molecule has 158 valence electrons. The molecule has 5 nitrogen and oxygen atoms in total. The standard InChI is InChI=1S/C25H26N4OS/c1-3-29-23-10-5-4-9-22(23)28-24(29)16-13-18-11-14-19(15-12-18)26-25(30)27-20-7-6-8-21(17-20)31-2/h4-12,14-15,17H,3,13,16H2,1-2H3,(H2,26,27,30). The van der Waals surface area contributed by atoms with Crippen LogP contribution in [0.15, 0.2) is 77.7 Å². The van der Waals surface area contributed by atoms with E-state index in [9.17, 15) is 4.79 Å². The van der Waals surface area contributed by atoms with Gasteiger partial charge in [-0.15, -0.1) is 11.8 Å². The van der Waals surface area contributed by atoms with Crippen LogP contribution in [0.2, 0.25) is 0 Å². The molecule has 1 aromatic heterocycles. The smallest absolute Gasteiger partial charge is 0.323 e. The van der Waals surface area contributed by atoms with E-state index in [1.807, 2.05) is 48.7 Å². The molecule has 3 aromatic carbocycles. The zero-order chi connectivity index (χ0) is 21.6. The summed E-state index contributed by atoms with van der Waals surface area (Å²) in [5, 5.41) is 5.77. The number of aryl methyl sites for hydroxylation is 3. The van der Waals surface area contributed by atoms with Gasteiger partial charge in [0, 0.05) is 29.2 Å². The summed E-state index contributed by atoms with van der Waals surface area (Å²) in [6.45, 7) is 3.06. The number of fused-ring (bicyclic) bond motifs is 1. The van der Waals surface area contributed by atoms with Gasteiger partial charge in [0.15, 0.2) is 0 Å². The number of aromatic nitrogens is 2. The molecule has 0 spiro atoms. The fourth-order valence-electron chi connectivity index (χ4n) is 3.67. The maximum atomic E-state index is 12.3. The van der Waals surface area contributed by atoms with Crippen molar-refractivity contribution >= 4 is 40.2 Å². The first-order valence-corrected chi connectivity index (χ1v) is 11.6. The van der Waals surface area contributed by atoms with Crippen LogP contribution in [0.3, 0.4) is 0 Å².